The molecule has 21 heteroatoms. The molecular weight excluding hydrogens is 1140 g/mol. The molecule has 0 aromatic heterocycles. The van der Waals surface area contributed by atoms with Crippen molar-refractivity contribution in [3.63, 3.8) is 0 Å². The van der Waals surface area contributed by atoms with Crippen LogP contribution in [0.1, 0.15) is 117 Å². The van der Waals surface area contributed by atoms with E-state index >= 15 is 0 Å². The summed E-state index contributed by atoms with van der Waals surface area (Å²) in [5.41, 5.74) is 3.30. The van der Waals surface area contributed by atoms with E-state index in [0.717, 1.165) is 25.2 Å². The average molecular weight is 1240 g/mol. The molecule has 1 heterocycles. The molecule has 10 atom stereocenters. The molecular formula is C68H104N8O13. The third-order valence-corrected chi connectivity index (χ3v) is 16.8. The number of methoxy groups -OCH3 is 3. The lowest BCUT2D eigenvalue weighted by Crippen LogP contribution is -2.60. The predicted molar refractivity (Wildman–Crippen MR) is 341 cm³/mol. The Kier molecular flexibility index (Phi) is 33.0. The number of benzene rings is 3. The zero-order chi connectivity index (χ0) is 65.6. The fourth-order valence-electron chi connectivity index (χ4n) is 11.6. The molecule has 21 nitrogen and oxygen atoms in total. The van der Waals surface area contributed by atoms with Crippen LogP contribution in [0.15, 0.2) is 91.0 Å². The van der Waals surface area contributed by atoms with E-state index in [4.69, 9.17) is 23.7 Å². The molecule has 1 fully saturated rings. The lowest BCUT2D eigenvalue weighted by atomic mass is 9.89. The lowest BCUT2D eigenvalue weighted by molar-refractivity contribution is -0.149. The number of hydrogen-bond acceptors (Lipinski definition) is 14. The lowest BCUT2D eigenvalue weighted by Gasteiger charge is -2.41. The molecule has 1 aliphatic rings. The summed E-state index contributed by atoms with van der Waals surface area (Å²) in [7, 11) is 7.49. The number of likely N-dealkylation sites (tertiary alicyclic amines) is 1. The number of likely N-dealkylation sites (N-methyl/N-ethyl adjacent to an activating group) is 2. The van der Waals surface area contributed by atoms with Gasteiger partial charge in [-0.3, -0.25) is 38.5 Å². The SMILES string of the molecule is CCC(C)C(C(CC(=O)N1CCC[C@H]1C(OC)C(C)C(=O)NC(Cc1ccccc1)C(=O)OC)OC)N(C)C(=O)C(NC(=O)C(C(C)C)N(C)C(=O)CCCNC(=O)C(C)NC(=O)CCOCCOCCN(Cc1ccccc1)Cc1ccccc1)C(C)C. The van der Waals surface area contributed by atoms with Gasteiger partial charge < -0.3 is 59.7 Å². The van der Waals surface area contributed by atoms with Crippen LogP contribution < -0.4 is 21.3 Å². The first-order valence-corrected chi connectivity index (χ1v) is 31.7. The smallest absolute Gasteiger partial charge is 0.328 e. The molecule has 4 rings (SSSR count). The highest BCUT2D eigenvalue weighted by Crippen LogP contribution is 2.30. The van der Waals surface area contributed by atoms with Crippen LogP contribution in [0.5, 0.6) is 0 Å². The third kappa shape index (κ3) is 24.2. The van der Waals surface area contributed by atoms with Crippen LogP contribution in [0.4, 0.5) is 0 Å². The molecule has 4 N–H and O–H groups in total. The van der Waals surface area contributed by atoms with Crippen LogP contribution in [0, 0.1) is 23.7 Å². The maximum atomic E-state index is 14.8. The molecule has 1 aliphatic heterocycles. The van der Waals surface area contributed by atoms with Crippen LogP contribution >= 0.6 is 0 Å². The number of hydrogen-bond donors (Lipinski definition) is 4. The molecule has 1 saturated heterocycles. The Morgan fingerprint density at radius 1 is 0.652 bits per heavy atom. The molecule has 0 spiro atoms. The number of ether oxygens (including phenoxy) is 5. The molecule has 89 heavy (non-hydrogen) atoms. The monoisotopic (exact) mass is 1240 g/mol. The molecule has 0 radical (unpaired) electrons. The number of carbonyl (C=O) groups excluding carboxylic acids is 8. The van der Waals surface area contributed by atoms with Gasteiger partial charge in [-0.15, -0.1) is 0 Å². The van der Waals surface area contributed by atoms with Crippen molar-refractivity contribution in [3.8, 4) is 0 Å². The summed E-state index contributed by atoms with van der Waals surface area (Å²) in [6.45, 7) is 18.9. The Balaban J connectivity index is 1.24. The van der Waals surface area contributed by atoms with E-state index in [1.165, 1.54) is 37.4 Å². The summed E-state index contributed by atoms with van der Waals surface area (Å²) < 4.78 is 28.6. The van der Waals surface area contributed by atoms with Crippen LogP contribution in [-0.4, -0.2) is 197 Å². The Morgan fingerprint density at radius 2 is 1.24 bits per heavy atom. The van der Waals surface area contributed by atoms with Crippen LogP contribution in [0.25, 0.3) is 0 Å². The second kappa shape index (κ2) is 39.4. The van der Waals surface area contributed by atoms with Crippen molar-refractivity contribution in [1.82, 2.24) is 40.9 Å². The predicted octanol–water partition coefficient (Wildman–Crippen LogP) is 5.96. The first kappa shape index (κ1) is 74.7. The van der Waals surface area contributed by atoms with Gasteiger partial charge in [-0.2, -0.15) is 0 Å². The molecule has 0 saturated carbocycles. The van der Waals surface area contributed by atoms with Crippen molar-refractivity contribution in [2.24, 2.45) is 23.7 Å². The van der Waals surface area contributed by atoms with Crippen molar-refractivity contribution >= 4 is 47.3 Å². The topological polar surface area (TPSA) is 244 Å². The zero-order valence-electron chi connectivity index (χ0n) is 55.2. The van der Waals surface area contributed by atoms with Gasteiger partial charge in [0.25, 0.3) is 0 Å². The van der Waals surface area contributed by atoms with E-state index in [-0.39, 0.29) is 86.6 Å². The summed E-state index contributed by atoms with van der Waals surface area (Å²) in [6, 6.07) is 25.2. The van der Waals surface area contributed by atoms with Crippen molar-refractivity contribution in [2.75, 3.05) is 81.5 Å². The second-order valence-electron chi connectivity index (χ2n) is 24.1. The molecule has 494 valence electrons. The van der Waals surface area contributed by atoms with Crippen molar-refractivity contribution in [3.05, 3.63) is 108 Å². The largest absolute Gasteiger partial charge is 0.467 e. The molecule has 3 aromatic carbocycles. The zero-order valence-corrected chi connectivity index (χ0v) is 55.2. The van der Waals surface area contributed by atoms with Gasteiger partial charge >= 0.3 is 5.97 Å². The maximum absolute atomic E-state index is 14.8. The number of carbonyl (C=O) groups is 8. The van der Waals surface area contributed by atoms with Crippen LogP contribution in [0.2, 0.25) is 0 Å². The number of rotatable bonds is 40. The fraction of sp³-hybridized carbons (Fsp3) is 0.618. The summed E-state index contributed by atoms with van der Waals surface area (Å²) in [4.78, 5) is 117. The Labute approximate surface area is 529 Å². The maximum Gasteiger partial charge on any atom is 0.328 e. The molecule has 3 aromatic rings. The Hall–Kier alpha value is -6.78. The van der Waals surface area contributed by atoms with E-state index in [9.17, 15) is 38.4 Å². The number of esters is 1. The van der Waals surface area contributed by atoms with Crippen molar-refractivity contribution < 1.29 is 62.0 Å². The standard InChI is InChI=1S/C68H104N8O13/c1-14-48(6)62(56(85-11)43-59(79)76-36-25-32-55(76)63(86-12)49(7)64(80)71-54(68(84)87-13)42-51-26-18-15-19-27-51)74(10)67(83)60(46(2)3)72-66(82)61(47(4)5)73(9)58(78)33-24-35-69-65(81)50(8)70-57(77)34-38-88-40-41-89-39-37-75(44-52-28-20-16-21-29-52)45-53-30-22-17-23-31-53/h15-23,26-31,46-50,54-56,60-63H,14,24-25,32-45H2,1-13H3,(H,69,81)(H,70,77)(H,71,80)(H,72,82)/t48?,49?,50?,54?,55-,56?,60?,61?,62?,63?/m0/s1. The van der Waals surface area contributed by atoms with Gasteiger partial charge in [0.05, 0.1) is 70.2 Å². The minimum absolute atomic E-state index is 0.0169. The highest BCUT2D eigenvalue weighted by Gasteiger charge is 2.44. The molecule has 0 bridgehead atoms. The number of amides is 7. The normalized spacial score (nSPS) is 16.3. The summed E-state index contributed by atoms with van der Waals surface area (Å²) in [5, 5.41) is 11.3. The first-order valence-electron chi connectivity index (χ1n) is 31.7. The van der Waals surface area contributed by atoms with Gasteiger partial charge in [0.15, 0.2) is 0 Å². The molecule has 9 unspecified atom stereocenters. The summed E-state index contributed by atoms with van der Waals surface area (Å²) in [5.74, 6) is -4.84. The van der Waals surface area contributed by atoms with E-state index < -0.39 is 78.1 Å². The van der Waals surface area contributed by atoms with E-state index in [0.29, 0.717) is 45.6 Å². The number of nitrogens with zero attached hydrogens (tertiary/aromatic N) is 4. The summed E-state index contributed by atoms with van der Waals surface area (Å²) in [6.07, 6.45) is 0.905. The number of nitrogens with one attached hydrogen (secondary N) is 4. The van der Waals surface area contributed by atoms with E-state index in [2.05, 4.69) is 50.4 Å². The average Bonchev–Trinajstić information content (AvgIpc) is 2.23. The van der Waals surface area contributed by atoms with Crippen LogP contribution in [0.3, 0.4) is 0 Å². The summed E-state index contributed by atoms with van der Waals surface area (Å²) >= 11 is 0. The molecule has 0 aliphatic carbocycles. The van der Waals surface area contributed by atoms with Gasteiger partial charge in [-0.25, -0.2) is 4.79 Å². The van der Waals surface area contributed by atoms with Gasteiger partial charge in [0.1, 0.15) is 24.2 Å². The quantitative estimate of drug-likeness (QED) is 0.0380. The first-order chi connectivity index (χ1) is 42.6. The highest BCUT2D eigenvalue weighted by molar-refractivity contribution is 5.93. The van der Waals surface area contributed by atoms with Gasteiger partial charge in [-0.1, -0.05) is 146 Å². The minimum Gasteiger partial charge on any atom is -0.467 e. The van der Waals surface area contributed by atoms with Gasteiger partial charge in [0, 0.05) is 80.3 Å². The Bertz CT molecular complexity index is 2590. The minimum atomic E-state index is -1.00. The second-order valence-corrected chi connectivity index (χ2v) is 24.1. The van der Waals surface area contributed by atoms with Crippen molar-refractivity contribution in [2.45, 2.75) is 168 Å². The fourth-order valence-corrected chi connectivity index (χ4v) is 11.6. The van der Waals surface area contributed by atoms with Gasteiger partial charge in [0.2, 0.25) is 41.4 Å². The highest BCUT2D eigenvalue weighted by atomic mass is 16.5. The van der Waals surface area contributed by atoms with E-state index in [1.807, 2.05) is 108 Å². The third-order valence-electron chi connectivity index (χ3n) is 16.8. The molecule has 7 amide bonds. The Morgan fingerprint density at radius 3 is 1.78 bits per heavy atom. The van der Waals surface area contributed by atoms with Crippen LogP contribution in [-0.2, 0) is 81.6 Å². The van der Waals surface area contributed by atoms with Crippen molar-refractivity contribution in [1.29, 1.82) is 0 Å². The van der Waals surface area contributed by atoms with Gasteiger partial charge in [-0.05, 0) is 60.6 Å². The van der Waals surface area contributed by atoms with E-state index in [1.54, 1.807) is 37.7 Å².